The second-order valence-electron chi connectivity index (χ2n) is 5.60. The number of aromatic nitrogens is 2. The van der Waals surface area contributed by atoms with E-state index in [1.165, 1.54) is 10.8 Å². The first-order valence-corrected chi connectivity index (χ1v) is 10.4. The molecule has 1 aliphatic heterocycles. The quantitative estimate of drug-likeness (QED) is 0.286. The van der Waals surface area contributed by atoms with Crippen molar-refractivity contribution < 1.29 is 14.6 Å². The van der Waals surface area contributed by atoms with E-state index >= 15 is 0 Å². The fraction of sp³-hybridized carbons (Fsp3) is 0.625. The smallest absolute Gasteiger partial charge is 0.330 e. The van der Waals surface area contributed by atoms with Gasteiger partial charge in [0.2, 0.25) is 0 Å². The second-order valence-corrected chi connectivity index (χ2v) is 8.13. The highest BCUT2D eigenvalue weighted by atomic mass is 33.1. The summed E-state index contributed by atoms with van der Waals surface area (Å²) in [4.78, 5) is 25.7. The number of aliphatic hydroxyl groups excluding tert-OH is 1. The second kappa shape index (κ2) is 10.1. The normalized spacial score (nSPS) is 22.8. The van der Waals surface area contributed by atoms with Crippen LogP contribution in [0.3, 0.4) is 0 Å². The zero-order chi connectivity index (χ0) is 18.2. The van der Waals surface area contributed by atoms with Crippen molar-refractivity contribution in [1.82, 2.24) is 9.55 Å². The van der Waals surface area contributed by atoms with Crippen molar-refractivity contribution in [2.75, 3.05) is 18.3 Å². The van der Waals surface area contributed by atoms with Gasteiger partial charge in [-0.25, -0.2) is 4.79 Å². The van der Waals surface area contributed by atoms with Crippen LogP contribution in [-0.4, -0.2) is 45.2 Å². The summed E-state index contributed by atoms with van der Waals surface area (Å²) in [7, 11) is 3.27. The predicted molar refractivity (Wildman–Crippen MR) is 99.5 cm³/mol. The lowest BCUT2D eigenvalue weighted by molar-refractivity contribution is -0.0554. The number of terminal acetylenes is 1. The minimum absolute atomic E-state index is 0.196. The molecule has 3 atom stereocenters. The van der Waals surface area contributed by atoms with Gasteiger partial charge in [0, 0.05) is 30.4 Å². The van der Waals surface area contributed by atoms with E-state index in [1.54, 1.807) is 28.5 Å². The minimum Gasteiger partial charge on any atom is -0.394 e. The highest BCUT2D eigenvalue weighted by Gasteiger charge is 2.37. The molecule has 138 valence electrons. The van der Waals surface area contributed by atoms with Gasteiger partial charge in [0.05, 0.1) is 12.7 Å². The fourth-order valence-electron chi connectivity index (χ4n) is 2.45. The van der Waals surface area contributed by atoms with Gasteiger partial charge in [-0.2, -0.15) is 0 Å². The van der Waals surface area contributed by atoms with Crippen molar-refractivity contribution >= 4 is 21.6 Å². The van der Waals surface area contributed by atoms with Gasteiger partial charge >= 0.3 is 5.69 Å². The summed E-state index contributed by atoms with van der Waals surface area (Å²) < 4.78 is 12.8. The maximum Gasteiger partial charge on any atom is 0.330 e. The van der Waals surface area contributed by atoms with Crippen LogP contribution in [0.1, 0.15) is 31.1 Å². The van der Waals surface area contributed by atoms with Crippen molar-refractivity contribution in [3.63, 3.8) is 0 Å². The van der Waals surface area contributed by atoms with E-state index in [4.69, 9.17) is 15.9 Å². The largest absolute Gasteiger partial charge is 0.394 e. The number of hydrogen-bond acceptors (Lipinski definition) is 7. The Bertz CT molecular complexity index is 712. The van der Waals surface area contributed by atoms with Crippen LogP contribution in [0.2, 0.25) is 0 Å². The Labute approximate surface area is 153 Å². The van der Waals surface area contributed by atoms with E-state index in [0.717, 1.165) is 18.6 Å². The molecule has 0 amide bonds. The lowest BCUT2D eigenvalue weighted by Gasteiger charge is -2.16. The Balaban J connectivity index is 1.88. The number of aromatic amines is 1. The molecular formula is C16H22N2O5S2. The summed E-state index contributed by atoms with van der Waals surface area (Å²) in [6, 6.07) is 0. The number of aliphatic hydroxyl groups is 1. The lowest BCUT2D eigenvalue weighted by atomic mass is 10.2. The van der Waals surface area contributed by atoms with Crippen molar-refractivity contribution in [1.29, 1.82) is 0 Å². The average Bonchev–Trinajstić information content (AvgIpc) is 3.00. The molecule has 1 fully saturated rings. The van der Waals surface area contributed by atoms with Crippen LogP contribution in [0.5, 0.6) is 0 Å². The Morgan fingerprint density at radius 3 is 3.04 bits per heavy atom. The third kappa shape index (κ3) is 5.66. The number of aryl methyl sites for hydroxylation is 1. The van der Waals surface area contributed by atoms with Crippen LogP contribution in [0, 0.1) is 19.3 Å². The van der Waals surface area contributed by atoms with E-state index in [0.29, 0.717) is 17.9 Å². The molecule has 1 aliphatic rings. The molecule has 25 heavy (non-hydrogen) atoms. The van der Waals surface area contributed by atoms with Crippen molar-refractivity contribution in [3.05, 3.63) is 32.6 Å². The maximum absolute atomic E-state index is 12.0. The molecule has 1 aromatic rings. The zero-order valence-corrected chi connectivity index (χ0v) is 15.6. The monoisotopic (exact) mass is 386 g/mol. The van der Waals surface area contributed by atoms with Gasteiger partial charge in [-0.1, -0.05) is 21.6 Å². The number of nitrogens with zero attached hydrogens (tertiary/aromatic N) is 1. The lowest BCUT2D eigenvalue weighted by Crippen LogP contribution is -2.33. The molecule has 1 aromatic heterocycles. The van der Waals surface area contributed by atoms with E-state index in [2.05, 4.69) is 10.9 Å². The first-order chi connectivity index (χ1) is 12.1. The summed E-state index contributed by atoms with van der Waals surface area (Å²) >= 11 is 0. The Morgan fingerprint density at radius 2 is 2.32 bits per heavy atom. The van der Waals surface area contributed by atoms with Crippen molar-refractivity contribution in [3.8, 4) is 12.3 Å². The minimum atomic E-state index is -0.571. The topological polar surface area (TPSA) is 93.6 Å². The third-order valence-corrected chi connectivity index (χ3v) is 5.92. The van der Waals surface area contributed by atoms with Gasteiger partial charge in [-0.3, -0.25) is 14.3 Å². The summed E-state index contributed by atoms with van der Waals surface area (Å²) in [6.07, 6.45) is 7.45. The summed E-state index contributed by atoms with van der Waals surface area (Å²) in [5, 5.41) is 9.49. The van der Waals surface area contributed by atoms with E-state index < -0.39 is 23.6 Å². The Hall–Kier alpha value is -1.18. The molecule has 2 heterocycles. The number of hydrogen-bond donors (Lipinski definition) is 2. The molecule has 2 N–H and O–H groups in total. The Kier molecular flexibility index (Phi) is 8.12. The standard InChI is InChI=1S/C16H22N2O5S2/c1-3-4-5-6-24-25-10-22-12-7-14(23-13(12)9-19)18-8-11(2)15(20)17-16(18)21/h1,8,12-14,19H,4-7,9-10H2,2H3,(H,17,20,21)/t12-,13-,14-/m1/s1. The van der Waals surface area contributed by atoms with Gasteiger partial charge in [0.25, 0.3) is 5.56 Å². The van der Waals surface area contributed by atoms with Crippen molar-refractivity contribution in [2.24, 2.45) is 0 Å². The first kappa shape index (κ1) is 20.1. The fourth-order valence-corrected chi connectivity index (χ4v) is 4.21. The van der Waals surface area contributed by atoms with E-state index in [1.807, 2.05) is 0 Å². The number of ether oxygens (including phenoxy) is 2. The maximum atomic E-state index is 12.0. The predicted octanol–water partition coefficient (Wildman–Crippen LogP) is 1.26. The van der Waals surface area contributed by atoms with Crippen LogP contribution in [-0.2, 0) is 9.47 Å². The molecule has 0 unspecified atom stereocenters. The highest BCUT2D eigenvalue weighted by Crippen LogP contribution is 2.31. The Morgan fingerprint density at radius 1 is 1.52 bits per heavy atom. The van der Waals surface area contributed by atoms with Crippen molar-refractivity contribution in [2.45, 2.75) is 44.6 Å². The van der Waals surface area contributed by atoms with Crippen LogP contribution >= 0.6 is 21.6 Å². The summed E-state index contributed by atoms with van der Waals surface area (Å²) in [5.74, 6) is 4.01. The number of rotatable bonds is 9. The molecule has 0 radical (unpaired) electrons. The molecule has 0 aromatic carbocycles. The van der Waals surface area contributed by atoms with E-state index in [-0.39, 0.29) is 12.7 Å². The van der Waals surface area contributed by atoms with Crippen LogP contribution in [0.15, 0.2) is 15.8 Å². The molecule has 0 bridgehead atoms. The molecule has 7 nitrogen and oxygen atoms in total. The molecule has 0 spiro atoms. The molecular weight excluding hydrogens is 364 g/mol. The zero-order valence-electron chi connectivity index (χ0n) is 14.0. The highest BCUT2D eigenvalue weighted by molar-refractivity contribution is 8.76. The number of H-pyrrole nitrogens is 1. The molecule has 9 heteroatoms. The molecule has 2 rings (SSSR count). The van der Waals surface area contributed by atoms with Crippen LogP contribution in [0.4, 0.5) is 0 Å². The summed E-state index contributed by atoms with van der Waals surface area (Å²) in [6.45, 7) is 1.42. The van der Waals surface area contributed by atoms with Gasteiger partial charge < -0.3 is 14.6 Å². The third-order valence-electron chi connectivity index (χ3n) is 3.78. The molecule has 1 saturated heterocycles. The number of unbranched alkanes of at least 4 members (excludes halogenated alkanes) is 1. The SMILES string of the molecule is C#CCCCSSCO[C@@H]1C[C@H](n2cc(C)c(=O)[nH]c2=O)O[C@@H]1CO. The van der Waals surface area contributed by atoms with Crippen LogP contribution < -0.4 is 11.2 Å². The van der Waals surface area contributed by atoms with Gasteiger partial charge in [-0.15, -0.1) is 12.3 Å². The van der Waals surface area contributed by atoms with Gasteiger partial charge in [0.15, 0.2) is 0 Å². The molecule has 0 aliphatic carbocycles. The van der Waals surface area contributed by atoms with Crippen LogP contribution in [0.25, 0.3) is 0 Å². The van der Waals surface area contributed by atoms with Gasteiger partial charge in [-0.05, 0) is 13.3 Å². The first-order valence-electron chi connectivity index (χ1n) is 7.94. The van der Waals surface area contributed by atoms with E-state index in [9.17, 15) is 14.7 Å². The summed E-state index contributed by atoms with van der Waals surface area (Å²) in [5.41, 5.74) is -0.521. The van der Waals surface area contributed by atoms with Gasteiger partial charge in [0.1, 0.15) is 18.3 Å². The average molecular weight is 386 g/mol. The molecule has 0 saturated carbocycles. The number of nitrogens with one attached hydrogen (secondary N) is 1.